The number of hydrogen-bond donors (Lipinski definition) is 1. The minimum atomic E-state index is -0.767. The molecule has 1 N–H and O–H groups in total. The lowest BCUT2D eigenvalue weighted by molar-refractivity contribution is -0.147. The molecule has 0 aliphatic heterocycles. The molecular formula is C11H14N2O2. The monoisotopic (exact) mass is 206 g/mol. The van der Waals surface area contributed by atoms with E-state index in [2.05, 4.69) is 9.97 Å². The summed E-state index contributed by atoms with van der Waals surface area (Å²) in [6.45, 7) is 3.66. The van der Waals surface area contributed by atoms with Crippen LogP contribution in [0.4, 0.5) is 0 Å². The smallest absolute Gasteiger partial charge is 0.315 e. The zero-order valence-electron chi connectivity index (χ0n) is 8.95. The Balaban J connectivity index is 2.51. The maximum Gasteiger partial charge on any atom is 0.315 e. The van der Waals surface area contributed by atoms with E-state index in [9.17, 15) is 9.90 Å². The van der Waals surface area contributed by atoms with E-state index in [1.54, 1.807) is 6.20 Å². The number of rotatable bonds is 2. The van der Waals surface area contributed by atoms with E-state index in [1.807, 2.05) is 13.8 Å². The minimum Gasteiger partial charge on any atom is -0.481 e. The Morgan fingerprint density at radius 2 is 2.13 bits per heavy atom. The number of aliphatic carboxylic acids is 1. The Bertz CT molecular complexity index is 411. The molecule has 15 heavy (non-hydrogen) atoms. The first kappa shape index (κ1) is 10.1. The molecule has 0 unspecified atom stereocenters. The second-order valence-electron chi connectivity index (χ2n) is 4.19. The van der Waals surface area contributed by atoms with Gasteiger partial charge in [0.2, 0.25) is 0 Å². The second kappa shape index (κ2) is 3.29. The van der Waals surface area contributed by atoms with Gasteiger partial charge in [-0.2, -0.15) is 0 Å². The van der Waals surface area contributed by atoms with Crippen LogP contribution in [0.3, 0.4) is 0 Å². The molecule has 1 aliphatic carbocycles. The molecule has 80 valence electrons. The first-order valence-corrected chi connectivity index (χ1v) is 5.10. The van der Waals surface area contributed by atoms with Crippen molar-refractivity contribution < 1.29 is 9.90 Å². The van der Waals surface area contributed by atoms with E-state index in [0.717, 1.165) is 17.8 Å². The van der Waals surface area contributed by atoms with Crippen LogP contribution in [0.15, 0.2) is 6.20 Å². The Morgan fingerprint density at radius 3 is 2.60 bits per heavy atom. The van der Waals surface area contributed by atoms with Crippen molar-refractivity contribution in [3.05, 3.63) is 23.3 Å². The quantitative estimate of drug-likeness (QED) is 0.798. The molecule has 0 atom stereocenters. The molecule has 1 fully saturated rings. The molecule has 1 aliphatic rings. The van der Waals surface area contributed by atoms with Crippen LogP contribution in [0, 0.1) is 13.8 Å². The summed E-state index contributed by atoms with van der Waals surface area (Å²) in [6, 6.07) is 0. The topological polar surface area (TPSA) is 63.1 Å². The van der Waals surface area contributed by atoms with Crippen LogP contribution in [0.25, 0.3) is 0 Å². The van der Waals surface area contributed by atoms with E-state index in [4.69, 9.17) is 0 Å². The molecule has 0 aromatic carbocycles. The van der Waals surface area contributed by atoms with Crippen LogP contribution in [0.2, 0.25) is 0 Å². The number of aryl methyl sites for hydroxylation is 2. The van der Waals surface area contributed by atoms with Gasteiger partial charge in [0.05, 0.1) is 17.1 Å². The van der Waals surface area contributed by atoms with Crippen molar-refractivity contribution in [2.75, 3.05) is 0 Å². The number of hydrogen-bond acceptors (Lipinski definition) is 3. The standard InChI is InChI=1S/C11H14N2O2/c1-7-6-12-8(2)9(13-7)11(10(14)15)4-3-5-11/h6H,3-5H2,1-2H3,(H,14,15). The first-order valence-electron chi connectivity index (χ1n) is 5.10. The van der Waals surface area contributed by atoms with Crippen molar-refractivity contribution in [2.24, 2.45) is 0 Å². The molecule has 0 amide bonds. The Kier molecular flexibility index (Phi) is 2.21. The average Bonchev–Trinajstić information content (AvgIpc) is 2.08. The number of carbonyl (C=O) groups is 1. The fourth-order valence-electron chi connectivity index (χ4n) is 2.07. The van der Waals surface area contributed by atoms with Crippen molar-refractivity contribution in [3.63, 3.8) is 0 Å². The van der Waals surface area contributed by atoms with E-state index >= 15 is 0 Å². The summed E-state index contributed by atoms with van der Waals surface area (Å²) < 4.78 is 0. The van der Waals surface area contributed by atoms with Gasteiger partial charge >= 0.3 is 5.97 Å². The minimum absolute atomic E-state index is 0.654. The average molecular weight is 206 g/mol. The number of carboxylic acid groups (broad SMARTS) is 1. The fourth-order valence-corrected chi connectivity index (χ4v) is 2.07. The summed E-state index contributed by atoms with van der Waals surface area (Å²) in [6.07, 6.45) is 4.00. The van der Waals surface area contributed by atoms with Crippen LogP contribution >= 0.6 is 0 Å². The molecule has 4 heteroatoms. The van der Waals surface area contributed by atoms with Crippen molar-refractivity contribution in [2.45, 2.75) is 38.5 Å². The van der Waals surface area contributed by atoms with Gasteiger partial charge in [-0.25, -0.2) is 0 Å². The van der Waals surface area contributed by atoms with Gasteiger partial charge in [-0.1, -0.05) is 6.42 Å². The molecule has 0 saturated heterocycles. The molecule has 1 aromatic heterocycles. The molecule has 1 aromatic rings. The van der Waals surface area contributed by atoms with Crippen molar-refractivity contribution in [1.82, 2.24) is 9.97 Å². The van der Waals surface area contributed by atoms with Gasteiger partial charge in [0.15, 0.2) is 0 Å². The van der Waals surface area contributed by atoms with Crippen molar-refractivity contribution in [1.29, 1.82) is 0 Å². The van der Waals surface area contributed by atoms with Crippen molar-refractivity contribution in [3.8, 4) is 0 Å². The van der Waals surface area contributed by atoms with Gasteiger partial charge in [0.1, 0.15) is 5.41 Å². The number of nitrogens with zero attached hydrogens (tertiary/aromatic N) is 2. The third kappa shape index (κ3) is 1.40. The summed E-state index contributed by atoms with van der Waals surface area (Å²) in [7, 11) is 0. The van der Waals surface area contributed by atoms with Crippen LogP contribution in [-0.4, -0.2) is 21.0 Å². The lowest BCUT2D eigenvalue weighted by atomic mass is 9.66. The third-order valence-electron chi connectivity index (χ3n) is 3.15. The predicted molar refractivity (Wildman–Crippen MR) is 54.7 cm³/mol. The van der Waals surface area contributed by atoms with Gasteiger partial charge in [0, 0.05) is 6.20 Å². The van der Waals surface area contributed by atoms with Crippen LogP contribution in [-0.2, 0) is 10.2 Å². The Morgan fingerprint density at radius 1 is 1.47 bits per heavy atom. The summed E-state index contributed by atoms with van der Waals surface area (Å²) in [5.41, 5.74) is 1.41. The summed E-state index contributed by atoms with van der Waals surface area (Å²) >= 11 is 0. The van der Waals surface area contributed by atoms with E-state index < -0.39 is 11.4 Å². The maximum atomic E-state index is 11.3. The van der Waals surface area contributed by atoms with E-state index in [-0.39, 0.29) is 0 Å². The Hall–Kier alpha value is -1.45. The number of carboxylic acids is 1. The molecule has 1 heterocycles. The normalized spacial score (nSPS) is 18.3. The van der Waals surface area contributed by atoms with Gasteiger partial charge in [-0.3, -0.25) is 14.8 Å². The molecule has 2 rings (SSSR count). The third-order valence-corrected chi connectivity index (χ3v) is 3.15. The zero-order valence-corrected chi connectivity index (χ0v) is 8.95. The summed E-state index contributed by atoms with van der Waals surface area (Å²) in [4.78, 5) is 19.8. The molecule has 1 saturated carbocycles. The highest BCUT2D eigenvalue weighted by Crippen LogP contribution is 2.43. The second-order valence-corrected chi connectivity index (χ2v) is 4.19. The van der Waals surface area contributed by atoms with Crippen LogP contribution in [0.1, 0.15) is 36.3 Å². The highest BCUT2D eigenvalue weighted by Gasteiger charge is 2.48. The SMILES string of the molecule is Cc1cnc(C)c(C2(C(=O)O)CCC2)n1. The fraction of sp³-hybridized carbons (Fsp3) is 0.545. The predicted octanol–water partition coefficient (Wildman–Crippen LogP) is 1.60. The van der Waals surface area contributed by atoms with E-state index in [0.29, 0.717) is 18.5 Å². The van der Waals surface area contributed by atoms with Gasteiger partial charge in [-0.05, 0) is 26.7 Å². The summed E-state index contributed by atoms with van der Waals surface area (Å²) in [5.74, 6) is -0.767. The number of aromatic nitrogens is 2. The van der Waals surface area contributed by atoms with Crippen LogP contribution < -0.4 is 0 Å². The zero-order chi connectivity index (χ0) is 11.1. The van der Waals surface area contributed by atoms with E-state index in [1.165, 1.54) is 0 Å². The molecule has 0 spiro atoms. The van der Waals surface area contributed by atoms with Crippen molar-refractivity contribution >= 4 is 5.97 Å². The summed E-state index contributed by atoms with van der Waals surface area (Å²) in [5, 5.41) is 9.28. The molecule has 0 radical (unpaired) electrons. The molecule has 4 nitrogen and oxygen atoms in total. The van der Waals surface area contributed by atoms with Gasteiger partial charge in [0.25, 0.3) is 0 Å². The molecule has 0 bridgehead atoms. The largest absolute Gasteiger partial charge is 0.481 e. The first-order chi connectivity index (χ1) is 7.06. The highest BCUT2D eigenvalue weighted by molar-refractivity contribution is 5.82. The van der Waals surface area contributed by atoms with Gasteiger partial charge in [-0.15, -0.1) is 0 Å². The highest BCUT2D eigenvalue weighted by atomic mass is 16.4. The molecular weight excluding hydrogens is 192 g/mol. The van der Waals surface area contributed by atoms with Crippen LogP contribution in [0.5, 0.6) is 0 Å². The maximum absolute atomic E-state index is 11.3. The van der Waals surface area contributed by atoms with Gasteiger partial charge < -0.3 is 5.11 Å². The lowest BCUT2D eigenvalue weighted by Crippen LogP contribution is -2.44. The lowest BCUT2D eigenvalue weighted by Gasteiger charge is -2.37. The Labute approximate surface area is 88.4 Å².